The molecule has 0 aromatic carbocycles. The summed E-state index contributed by atoms with van der Waals surface area (Å²) in [5, 5.41) is 8.60. The van der Waals surface area contributed by atoms with E-state index in [9.17, 15) is 8.42 Å². The molecule has 0 unspecified atom stereocenters. The van der Waals surface area contributed by atoms with Gasteiger partial charge in [-0.15, -0.1) is 0 Å². The quantitative estimate of drug-likeness (QED) is 0.677. The molecule has 0 aliphatic heterocycles. The maximum Gasteiger partial charge on any atom is 0.214 e. The molecular formula is C10H23NO3S. The molecule has 4 nitrogen and oxygen atoms in total. The standard InChI is InChI=1S/C10H23NO3S/c1-5-10(2,3)11(4)15(13,14)9-7-6-8-12/h12H,5-9H2,1-4H3. The molecule has 0 aliphatic rings. The summed E-state index contributed by atoms with van der Waals surface area (Å²) in [6.45, 7) is 5.85. The Labute approximate surface area is 93.3 Å². The van der Waals surface area contributed by atoms with E-state index in [1.54, 1.807) is 7.05 Å². The van der Waals surface area contributed by atoms with Gasteiger partial charge >= 0.3 is 0 Å². The van der Waals surface area contributed by atoms with E-state index < -0.39 is 10.0 Å². The van der Waals surface area contributed by atoms with Gasteiger partial charge in [0.1, 0.15) is 0 Å². The fraction of sp³-hybridized carbons (Fsp3) is 1.00. The Morgan fingerprint density at radius 1 is 1.27 bits per heavy atom. The first-order valence-corrected chi connectivity index (χ1v) is 6.96. The molecule has 0 fully saturated rings. The van der Waals surface area contributed by atoms with Gasteiger partial charge in [-0.05, 0) is 33.1 Å². The van der Waals surface area contributed by atoms with Gasteiger partial charge in [0.25, 0.3) is 0 Å². The molecule has 0 saturated heterocycles. The van der Waals surface area contributed by atoms with Crippen molar-refractivity contribution in [2.75, 3.05) is 19.4 Å². The average molecular weight is 237 g/mol. The molecule has 0 rings (SSSR count). The molecule has 0 heterocycles. The highest BCUT2D eigenvalue weighted by Crippen LogP contribution is 2.20. The largest absolute Gasteiger partial charge is 0.396 e. The van der Waals surface area contributed by atoms with Crippen molar-refractivity contribution in [3.63, 3.8) is 0 Å². The fourth-order valence-corrected chi connectivity index (χ4v) is 2.86. The van der Waals surface area contributed by atoms with Gasteiger partial charge in [0.15, 0.2) is 0 Å². The molecule has 1 N–H and O–H groups in total. The third kappa shape index (κ3) is 4.49. The van der Waals surface area contributed by atoms with Crippen molar-refractivity contribution in [2.24, 2.45) is 0 Å². The van der Waals surface area contributed by atoms with E-state index in [1.165, 1.54) is 4.31 Å². The lowest BCUT2D eigenvalue weighted by atomic mass is 10.0. The van der Waals surface area contributed by atoms with Crippen molar-refractivity contribution >= 4 is 10.0 Å². The zero-order chi connectivity index (χ0) is 12.1. The summed E-state index contributed by atoms with van der Waals surface area (Å²) in [5.74, 6) is 0.119. The monoisotopic (exact) mass is 237 g/mol. The maximum atomic E-state index is 11.9. The van der Waals surface area contributed by atoms with Gasteiger partial charge in [0, 0.05) is 19.2 Å². The number of nitrogens with zero attached hydrogens (tertiary/aromatic N) is 1. The van der Waals surface area contributed by atoms with Crippen LogP contribution in [0.4, 0.5) is 0 Å². The first-order valence-electron chi connectivity index (χ1n) is 5.35. The minimum absolute atomic E-state index is 0.0520. The van der Waals surface area contributed by atoms with E-state index in [4.69, 9.17) is 5.11 Å². The van der Waals surface area contributed by atoms with Crippen molar-refractivity contribution < 1.29 is 13.5 Å². The predicted molar refractivity (Wildman–Crippen MR) is 62.2 cm³/mol. The maximum absolute atomic E-state index is 11.9. The molecule has 0 saturated carbocycles. The number of aliphatic hydroxyl groups excluding tert-OH is 1. The van der Waals surface area contributed by atoms with Gasteiger partial charge in [-0.1, -0.05) is 6.92 Å². The lowest BCUT2D eigenvalue weighted by Gasteiger charge is -2.33. The van der Waals surface area contributed by atoms with Crippen LogP contribution in [0.3, 0.4) is 0 Å². The third-order valence-corrected chi connectivity index (χ3v) is 5.08. The SMILES string of the molecule is CCC(C)(C)N(C)S(=O)(=O)CCCCO. The summed E-state index contributed by atoms with van der Waals surface area (Å²) in [7, 11) is -1.56. The van der Waals surface area contributed by atoms with Gasteiger partial charge < -0.3 is 5.11 Å². The van der Waals surface area contributed by atoms with E-state index in [1.807, 2.05) is 20.8 Å². The second-order valence-corrected chi connectivity index (χ2v) is 6.50. The smallest absolute Gasteiger partial charge is 0.214 e. The molecule has 92 valence electrons. The van der Waals surface area contributed by atoms with Crippen molar-refractivity contribution in [3.05, 3.63) is 0 Å². The molecule has 0 bridgehead atoms. The second-order valence-electron chi connectivity index (χ2n) is 4.38. The molecular weight excluding hydrogens is 214 g/mol. The van der Waals surface area contributed by atoms with Crippen LogP contribution in [0.5, 0.6) is 0 Å². The van der Waals surface area contributed by atoms with Crippen molar-refractivity contribution in [2.45, 2.75) is 45.6 Å². The topological polar surface area (TPSA) is 57.6 Å². The summed E-state index contributed by atoms with van der Waals surface area (Å²) in [6.07, 6.45) is 1.84. The minimum Gasteiger partial charge on any atom is -0.396 e. The van der Waals surface area contributed by atoms with E-state index in [2.05, 4.69) is 0 Å². The molecule has 0 aromatic rings. The second kappa shape index (κ2) is 5.82. The first-order chi connectivity index (χ1) is 6.78. The molecule has 5 heteroatoms. The number of rotatable bonds is 7. The van der Waals surface area contributed by atoms with E-state index in [0.717, 1.165) is 6.42 Å². The Hall–Kier alpha value is -0.130. The number of hydrogen-bond donors (Lipinski definition) is 1. The molecule has 0 aromatic heterocycles. The van der Waals surface area contributed by atoms with Crippen LogP contribution in [0.15, 0.2) is 0 Å². The normalized spacial score (nSPS) is 13.5. The van der Waals surface area contributed by atoms with Crippen LogP contribution in [0, 0.1) is 0 Å². The van der Waals surface area contributed by atoms with Crippen LogP contribution in [-0.2, 0) is 10.0 Å². The highest BCUT2D eigenvalue weighted by Gasteiger charge is 2.30. The molecule has 0 spiro atoms. The van der Waals surface area contributed by atoms with Gasteiger partial charge in [0.05, 0.1) is 5.75 Å². The van der Waals surface area contributed by atoms with Crippen molar-refractivity contribution in [1.82, 2.24) is 4.31 Å². The van der Waals surface area contributed by atoms with Gasteiger partial charge in [-0.3, -0.25) is 0 Å². The molecule has 0 radical (unpaired) electrons. The number of hydrogen-bond acceptors (Lipinski definition) is 3. The zero-order valence-corrected chi connectivity index (χ0v) is 11.0. The Bertz CT molecular complexity index is 272. The van der Waals surface area contributed by atoms with Crippen LogP contribution < -0.4 is 0 Å². The lowest BCUT2D eigenvalue weighted by molar-refractivity contribution is 0.255. The summed E-state index contributed by atoms with van der Waals surface area (Å²) >= 11 is 0. The fourth-order valence-electron chi connectivity index (χ4n) is 1.13. The molecule has 0 amide bonds. The highest BCUT2D eigenvalue weighted by atomic mass is 32.2. The molecule has 15 heavy (non-hydrogen) atoms. The summed E-state index contributed by atoms with van der Waals surface area (Å²) in [4.78, 5) is 0. The van der Waals surface area contributed by atoms with Gasteiger partial charge in [-0.2, -0.15) is 4.31 Å². The molecule has 0 aliphatic carbocycles. The predicted octanol–water partition coefficient (Wildman–Crippen LogP) is 1.21. The first kappa shape index (κ1) is 14.9. The number of unbranched alkanes of at least 4 members (excludes halogenated alkanes) is 1. The minimum atomic E-state index is -3.18. The van der Waals surface area contributed by atoms with E-state index in [0.29, 0.717) is 12.8 Å². The third-order valence-electron chi connectivity index (χ3n) is 2.95. The van der Waals surface area contributed by atoms with Crippen molar-refractivity contribution in [1.29, 1.82) is 0 Å². The summed E-state index contributed by atoms with van der Waals surface area (Å²) in [5.41, 5.74) is -0.335. The number of aliphatic hydroxyl groups is 1. The van der Waals surface area contributed by atoms with Crippen LogP contribution in [0.25, 0.3) is 0 Å². The Balaban J connectivity index is 4.46. The Morgan fingerprint density at radius 3 is 2.20 bits per heavy atom. The van der Waals surface area contributed by atoms with Gasteiger partial charge in [-0.25, -0.2) is 8.42 Å². The van der Waals surface area contributed by atoms with Crippen LogP contribution >= 0.6 is 0 Å². The Kier molecular flexibility index (Phi) is 5.77. The van der Waals surface area contributed by atoms with E-state index >= 15 is 0 Å². The lowest BCUT2D eigenvalue weighted by Crippen LogP contribution is -2.45. The summed E-state index contributed by atoms with van der Waals surface area (Å²) in [6, 6.07) is 0. The Morgan fingerprint density at radius 2 is 1.80 bits per heavy atom. The highest BCUT2D eigenvalue weighted by molar-refractivity contribution is 7.89. The zero-order valence-electron chi connectivity index (χ0n) is 10.2. The molecule has 0 atom stereocenters. The van der Waals surface area contributed by atoms with Gasteiger partial charge in [0.2, 0.25) is 10.0 Å². The van der Waals surface area contributed by atoms with Crippen molar-refractivity contribution in [3.8, 4) is 0 Å². The van der Waals surface area contributed by atoms with Crippen LogP contribution in [0.2, 0.25) is 0 Å². The van der Waals surface area contributed by atoms with Crippen LogP contribution in [-0.4, -0.2) is 42.8 Å². The average Bonchev–Trinajstić information content (AvgIpc) is 2.17. The van der Waals surface area contributed by atoms with E-state index in [-0.39, 0.29) is 17.9 Å². The van der Waals surface area contributed by atoms with Crippen LogP contribution in [0.1, 0.15) is 40.0 Å². The summed E-state index contributed by atoms with van der Waals surface area (Å²) < 4.78 is 25.2. The number of sulfonamides is 1.